The van der Waals surface area contributed by atoms with Gasteiger partial charge in [0, 0.05) is 31.4 Å². The van der Waals surface area contributed by atoms with E-state index in [1.54, 1.807) is 0 Å². The lowest BCUT2D eigenvalue weighted by Crippen LogP contribution is -2.55. The van der Waals surface area contributed by atoms with E-state index in [2.05, 4.69) is 0 Å². The number of hydrogen-bond donors (Lipinski definition) is 0. The normalized spacial score (nSPS) is 28.1. The van der Waals surface area contributed by atoms with Gasteiger partial charge in [0.2, 0.25) is 5.90 Å². The summed E-state index contributed by atoms with van der Waals surface area (Å²) in [7, 11) is 1.51. The molecule has 1 saturated carbocycles. The van der Waals surface area contributed by atoms with Crippen molar-refractivity contribution < 1.29 is 19.1 Å². The monoisotopic (exact) mass is 349 g/mol. The van der Waals surface area contributed by atoms with E-state index in [1.807, 2.05) is 60.7 Å². The van der Waals surface area contributed by atoms with Gasteiger partial charge in [-0.25, -0.2) is 9.79 Å². The van der Waals surface area contributed by atoms with Gasteiger partial charge >= 0.3 is 5.97 Å². The lowest BCUT2D eigenvalue weighted by atomic mass is 9.68. The van der Waals surface area contributed by atoms with Crippen molar-refractivity contribution in [2.24, 2.45) is 4.99 Å². The fourth-order valence-electron chi connectivity index (χ4n) is 3.91. The number of cyclic esters (lactones) is 1. The minimum atomic E-state index is -1.24. The predicted octanol–water partition coefficient (Wildman–Crippen LogP) is 2.89. The molecule has 26 heavy (non-hydrogen) atoms. The summed E-state index contributed by atoms with van der Waals surface area (Å²) in [6, 6.07) is 18.8. The molecule has 0 aromatic heterocycles. The maximum atomic E-state index is 13.1. The summed E-state index contributed by atoms with van der Waals surface area (Å²) in [6.07, 6.45) is -0.256. The second kappa shape index (κ2) is 6.50. The van der Waals surface area contributed by atoms with E-state index < -0.39 is 23.5 Å². The maximum Gasteiger partial charge on any atom is 0.344 e. The van der Waals surface area contributed by atoms with E-state index in [-0.39, 0.29) is 24.5 Å². The first kappa shape index (κ1) is 16.7. The molecule has 0 radical (unpaired) electrons. The fraction of sp³-hybridized carbons (Fsp3) is 0.286. The zero-order valence-electron chi connectivity index (χ0n) is 14.4. The summed E-state index contributed by atoms with van der Waals surface area (Å²) in [4.78, 5) is 30.1. The molecule has 0 amide bonds. The summed E-state index contributed by atoms with van der Waals surface area (Å²) in [5.41, 5.74) is 0.378. The largest absolute Gasteiger partial charge is 0.405 e. The number of ether oxygens (including phenoxy) is 2. The van der Waals surface area contributed by atoms with Crippen LogP contribution in [0.5, 0.6) is 0 Å². The molecule has 2 aliphatic rings. The molecule has 2 aromatic carbocycles. The topological polar surface area (TPSA) is 65.0 Å². The fourth-order valence-corrected chi connectivity index (χ4v) is 3.91. The summed E-state index contributed by atoms with van der Waals surface area (Å²) >= 11 is 0. The lowest BCUT2D eigenvalue weighted by Gasteiger charge is -2.40. The van der Waals surface area contributed by atoms with Gasteiger partial charge in [0.1, 0.15) is 11.9 Å². The van der Waals surface area contributed by atoms with Crippen LogP contribution < -0.4 is 0 Å². The van der Waals surface area contributed by atoms with E-state index in [1.165, 1.54) is 7.11 Å². The number of nitrogens with zero attached hydrogens (tertiary/aromatic N) is 1. The molecule has 1 aliphatic carbocycles. The molecule has 1 aliphatic heterocycles. The predicted molar refractivity (Wildman–Crippen MR) is 96.0 cm³/mol. The maximum absolute atomic E-state index is 13.1. The Morgan fingerprint density at radius 1 is 1.00 bits per heavy atom. The van der Waals surface area contributed by atoms with Gasteiger partial charge in [0.15, 0.2) is 5.54 Å². The number of methoxy groups -OCH3 is 1. The minimum Gasteiger partial charge on any atom is -0.405 e. The number of carbonyl (C=O) groups excluding carboxylic acids is 2. The molecule has 1 unspecified atom stereocenters. The number of hydrogen-bond acceptors (Lipinski definition) is 5. The van der Waals surface area contributed by atoms with Gasteiger partial charge in [0.05, 0.1) is 0 Å². The minimum absolute atomic E-state index is 0.0625. The van der Waals surface area contributed by atoms with Crippen LogP contribution in [0.25, 0.3) is 0 Å². The van der Waals surface area contributed by atoms with Gasteiger partial charge in [-0.2, -0.15) is 0 Å². The van der Waals surface area contributed by atoms with Crippen LogP contribution in [0.4, 0.5) is 0 Å². The first-order valence-corrected chi connectivity index (χ1v) is 8.62. The van der Waals surface area contributed by atoms with E-state index in [4.69, 9.17) is 14.5 Å². The van der Waals surface area contributed by atoms with Crippen LogP contribution in [0.1, 0.15) is 29.9 Å². The van der Waals surface area contributed by atoms with Crippen molar-refractivity contribution in [1.82, 2.24) is 0 Å². The Morgan fingerprint density at radius 3 is 2.31 bits per heavy atom. The number of benzene rings is 2. The van der Waals surface area contributed by atoms with Crippen molar-refractivity contribution in [3.63, 3.8) is 0 Å². The van der Waals surface area contributed by atoms with Crippen LogP contribution in [0.15, 0.2) is 65.7 Å². The Hall–Kier alpha value is -2.79. The highest BCUT2D eigenvalue weighted by Gasteiger charge is 2.61. The van der Waals surface area contributed by atoms with Gasteiger partial charge in [-0.15, -0.1) is 0 Å². The van der Waals surface area contributed by atoms with Gasteiger partial charge < -0.3 is 9.47 Å². The molecule has 0 bridgehead atoms. The van der Waals surface area contributed by atoms with Crippen molar-refractivity contribution in [2.75, 3.05) is 7.11 Å². The molecule has 2 aromatic rings. The zero-order valence-corrected chi connectivity index (χ0v) is 14.4. The van der Waals surface area contributed by atoms with Crippen molar-refractivity contribution in [2.45, 2.75) is 30.4 Å². The van der Waals surface area contributed by atoms with Crippen LogP contribution in [0.2, 0.25) is 0 Å². The number of carbonyl (C=O) groups is 2. The Labute approximate surface area is 151 Å². The van der Waals surface area contributed by atoms with Crippen molar-refractivity contribution in [3.05, 3.63) is 71.8 Å². The summed E-state index contributed by atoms with van der Waals surface area (Å²) < 4.78 is 11.2. The van der Waals surface area contributed by atoms with Crippen molar-refractivity contribution in [1.29, 1.82) is 0 Å². The molecule has 1 spiro atoms. The highest BCUT2D eigenvalue weighted by molar-refractivity contribution is 6.09. The van der Waals surface area contributed by atoms with Gasteiger partial charge in [0.25, 0.3) is 0 Å². The smallest absolute Gasteiger partial charge is 0.344 e. The second-order valence-corrected chi connectivity index (χ2v) is 6.63. The Morgan fingerprint density at radius 2 is 1.65 bits per heavy atom. The van der Waals surface area contributed by atoms with Crippen LogP contribution in [-0.4, -0.2) is 36.4 Å². The summed E-state index contributed by atoms with van der Waals surface area (Å²) in [6.45, 7) is 0. The average molecular weight is 349 g/mol. The zero-order chi connectivity index (χ0) is 18.1. The van der Waals surface area contributed by atoms with E-state index >= 15 is 0 Å². The molecular formula is C21H19NO4. The van der Waals surface area contributed by atoms with Crippen LogP contribution in [-0.2, 0) is 19.1 Å². The highest BCUT2D eigenvalue weighted by atomic mass is 16.6. The van der Waals surface area contributed by atoms with E-state index in [9.17, 15) is 9.59 Å². The Balaban J connectivity index is 1.86. The Bertz CT molecular complexity index is 862. The van der Waals surface area contributed by atoms with E-state index in [0.29, 0.717) is 0 Å². The lowest BCUT2D eigenvalue weighted by molar-refractivity contribution is -0.149. The van der Waals surface area contributed by atoms with E-state index in [0.717, 1.165) is 11.1 Å². The molecule has 0 saturated heterocycles. The van der Waals surface area contributed by atoms with Crippen LogP contribution in [0.3, 0.4) is 0 Å². The number of Topliss-reactive ketones (excluding diaryl/α,β-unsaturated/α-hetero) is 1. The van der Waals surface area contributed by atoms with Gasteiger partial charge in [-0.05, 0) is 17.7 Å². The molecule has 132 valence electrons. The van der Waals surface area contributed by atoms with Crippen molar-refractivity contribution in [3.8, 4) is 0 Å². The van der Waals surface area contributed by atoms with Crippen molar-refractivity contribution >= 4 is 17.7 Å². The van der Waals surface area contributed by atoms with Gasteiger partial charge in [-0.3, -0.25) is 4.79 Å². The third-order valence-corrected chi connectivity index (χ3v) is 5.18. The quantitative estimate of drug-likeness (QED) is 0.799. The Kier molecular flexibility index (Phi) is 4.17. The van der Waals surface area contributed by atoms with Crippen LogP contribution >= 0.6 is 0 Å². The number of aliphatic imine (C=N–C) groups is 1. The molecule has 1 fully saturated rings. The first-order chi connectivity index (χ1) is 12.6. The standard InChI is InChI=1S/C21H19NO4/c1-25-18-13-16(23)12-17(14-8-4-2-5-9-14)21(18)20(24)26-19(22-21)15-10-6-3-7-11-15/h2-11,17-18H,12-13H2,1H3/t17-,18?,21+/m1/s1. The molecule has 5 nitrogen and oxygen atoms in total. The average Bonchev–Trinajstić information content (AvgIpc) is 3.02. The molecule has 1 heterocycles. The van der Waals surface area contributed by atoms with Crippen LogP contribution in [0, 0.1) is 0 Å². The van der Waals surface area contributed by atoms with Gasteiger partial charge in [-0.1, -0.05) is 48.5 Å². The number of rotatable bonds is 3. The molecule has 0 N–H and O–H groups in total. The summed E-state index contributed by atoms with van der Waals surface area (Å²) in [5.74, 6) is -0.520. The number of esters is 1. The third-order valence-electron chi connectivity index (χ3n) is 5.18. The molecular weight excluding hydrogens is 330 g/mol. The molecule has 4 rings (SSSR count). The summed E-state index contributed by atoms with van der Waals surface area (Å²) in [5, 5.41) is 0. The second-order valence-electron chi connectivity index (χ2n) is 6.63. The first-order valence-electron chi connectivity index (χ1n) is 8.62. The molecule has 5 heteroatoms. The molecule has 3 atom stereocenters. The third kappa shape index (κ3) is 2.56. The highest BCUT2D eigenvalue weighted by Crippen LogP contribution is 2.47. The number of ketones is 1. The SMILES string of the molecule is COC1CC(=O)C[C@H](c2ccccc2)[C@]12N=C(c1ccccc1)OC2=O.